The summed E-state index contributed by atoms with van der Waals surface area (Å²) >= 11 is 0. The van der Waals surface area contributed by atoms with Gasteiger partial charge in [-0.25, -0.2) is 0 Å². The lowest BCUT2D eigenvalue weighted by atomic mass is 10.0. The molecule has 0 saturated carbocycles. The summed E-state index contributed by atoms with van der Waals surface area (Å²) < 4.78 is 5.40. The predicted octanol–water partition coefficient (Wildman–Crippen LogP) is 1.38. The van der Waals surface area contributed by atoms with Crippen molar-refractivity contribution in [2.75, 3.05) is 13.7 Å². The van der Waals surface area contributed by atoms with Crippen molar-refractivity contribution >= 4 is 5.96 Å². The lowest BCUT2D eigenvalue weighted by Crippen LogP contribution is -2.23. The number of guanidine groups is 1. The summed E-state index contributed by atoms with van der Waals surface area (Å²) in [6.07, 6.45) is 1.80. The maximum absolute atomic E-state index is 5.40. The number of nitrogens with two attached hydrogens (primary N) is 2. The van der Waals surface area contributed by atoms with Crippen molar-refractivity contribution in [3.05, 3.63) is 28.8 Å². The lowest BCUT2D eigenvalue weighted by molar-refractivity contribution is 0.407. The van der Waals surface area contributed by atoms with E-state index in [1.807, 2.05) is 0 Å². The van der Waals surface area contributed by atoms with E-state index in [-0.39, 0.29) is 5.96 Å². The van der Waals surface area contributed by atoms with E-state index in [4.69, 9.17) is 16.2 Å². The molecule has 0 aromatic heterocycles. The first kappa shape index (κ1) is 13.4. The molecule has 4 N–H and O–H groups in total. The average Bonchev–Trinajstić information content (AvgIpc) is 2.27. The minimum Gasteiger partial charge on any atom is -0.496 e. The maximum atomic E-state index is 5.40. The van der Waals surface area contributed by atoms with E-state index in [9.17, 15) is 0 Å². The Morgan fingerprint density at radius 2 is 2.06 bits per heavy atom. The SMILES string of the molecule is CCc1cc(CCN=C(N)N)cc(C)c1OC. The molecule has 4 heteroatoms. The van der Waals surface area contributed by atoms with E-state index >= 15 is 0 Å². The zero-order valence-corrected chi connectivity index (χ0v) is 10.8. The number of methoxy groups -OCH3 is 1. The van der Waals surface area contributed by atoms with Crippen molar-refractivity contribution in [3.8, 4) is 5.75 Å². The van der Waals surface area contributed by atoms with Crippen LogP contribution >= 0.6 is 0 Å². The first-order chi connectivity index (χ1) is 8.08. The molecule has 0 aliphatic heterocycles. The summed E-state index contributed by atoms with van der Waals surface area (Å²) in [6.45, 7) is 4.80. The third kappa shape index (κ3) is 3.66. The molecule has 0 atom stereocenters. The smallest absolute Gasteiger partial charge is 0.185 e. The normalized spacial score (nSPS) is 10.1. The molecule has 0 bridgehead atoms. The zero-order valence-electron chi connectivity index (χ0n) is 10.8. The number of hydrogen-bond donors (Lipinski definition) is 2. The number of ether oxygens (including phenoxy) is 1. The minimum absolute atomic E-state index is 0.144. The van der Waals surface area contributed by atoms with E-state index in [2.05, 4.69) is 31.0 Å². The molecule has 0 amide bonds. The van der Waals surface area contributed by atoms with Crippen LogP contribution in [-0.4, -0.2) is 19.6 Å². The first-order valence-corrected chi connectivity index (χ1v) is 5.80. The molecule has 0 fully saturated rings. The third-order valence-electron chi connectivity index (χ3n) is 2.69. The number of rotatable bonds is 5. The summed E-state index contributed by atoms with van der Waals surface area (Å²) in [5.74, 6) is 1.13. The van der Waals surface area contributed by atoms with Crippen LogP contribution in [0.1, 0.15) is 23.6 Å². The molecule has 94 valence electrons. The van der Waals surface area contributed by atoms with Gasteiger partial charge in [-0.05, 0) is 36.5 Å². The van der Waals surface area contributed by atoms with Crippen LogP contribution in [0.3, 0.4) is 0 Å². The summed E-state index contributed by atoms with van der Waals surface area (Å²) in [7, 11) is 1.71. The van der Waals surface area contributed by atoms with Crippen LogP contribution in [0.25, 0.3) is 0 Å². The molecular weight excluding hydrogens is 214 g/mol. The van der Waals surface area contributed by atoms with Gasteiger partial charge in [0.15, 0.2) is 5.96 Å². The van der Waals surface area contributed by atoms with Gasteiger partial charge in [0.25, 0.3) is 0 Å². The molecule has 17 heavy (non-hydrogen) atoms. The van der Waals surface area contributed by atoms with Gasteiger partial charge in [0.1, 0.15) is 5.75 Å². The molecule has 0 spiro atoms. The monoisotopic (exact) mass is 235 g/mol. The standard InChI is InChI=1S/C13H21N3O/c1-4-11-8-10(5-6-16-13(14)15)7-9(2)12(11)17-3/h7-8H,4-6H2,1-3H3,(H4,14,15,16). The molecule has 0 unspecified atom stereocenters. The molecule has 0 radical (unpaired) electrons. The number of benzene rings is 1. The Balaban J connectivity index is 2.88. The van der Waals surface area contributed by atoms with E-state index in [0.717, 1.165) is 24.2 Å². The van der Waals surface area contributed by atoms with Crippen LogP contribution < -0.4 is 16.2 Å². The van der Waals surface area contributed by atoms with Gasteiger partial charge in [-0.3, -0.25) is 4.99 Å². The highest BCUT2D eigenvalue weighted by Crippen LogP contribution is 2.25. The van der Waals surface area contributed by atoms with E-state index in [1.54, 1.807) is 7.11 Å². The Hall–Kier alpha value is -1.71. The average molecular weight is 235 g/mol. The van der Waals surface area contributed by atoms with Crippen molar-refractivity contribution in [3.63, 3.8) is 0 Å². The van der Waals surface area contributed by atoms with Crippen molar-refractivity contribution < 1.29 is 4.74 Å². The largest absolute Gasteiger partial charge is 0.496 e. The second-order valence-corrected chi connectivity index (χ2v) is 4.02. The van der Waals surface area contributed by atoms with Crippen LogP contribution in [0.4, 0.5) is 0 Å². The van der Waals surface area contributed by atoms with Gasteiger partial charge in [-0.15, -0.1) is 0 Å². The van der Waals surface area contributed by atoms with Gasteiger partial charge >= 0.3 is 0 Å². The van der Waals surface area contributed by atoms with E-state index in [0.29, 0.717) is 6.54 Å². The lowest BCUT2D eigenvalue weighted by Gasteiger charge is -2.12. The molecule has 1 aromatic rings. The summed E-state index contributed by atoms with van der Waals surface area (Å²) in [6, 6.07) is 4.29. The van der Waals surface area contributed by atoms with E-state index < -0.39 is 0 Å². The van der Waals surface area contributed by atoms with Crippen LogP contribution in [0, 0.1) is 6.92 Å². The number of hydrogen-bond acceptors (Lipinski definition) is 2. The Bertz CT molecular complexity index is 409. The first-order valence-electron chi connectivity index (χ1n) is 5.80. The highest BCUT2D eigenvalue weighted by atomic mass is 16.5. The fourth-order valence-electron chi connectivity index (χ4n) is 1.94. The number of aryl methyl sites for hydroxylation is 2. The van der Waals surface area contributed by atoms with Crippen molar-refractivity contribution in [1.29, 1.82) is 0 Å². The second-order valence-electron chi connectivity index (χ2n) is 4.02. The fraction of sp³-hybridized carbons (Fsp3) is 0.462. The van der Waals surface area contributed by atoms with Crippen LogP contribution in [0.2, 0.25) is 0 Å². The van der Waals surface area contributed by atoms with Gasteiger partial charge in [-0.2, -0.15) is 0 Å². The highest BCUT2D eigenvalue weighted by molar-refractivity contribution is 5.75. The summed E-state index contributed by atoms with van der Waals surface area (Å²) in [5, 5.41) is 0. The van der Waals surface area contributed by atoms with Crippen LogP contribution in [-0.2, 0) is 12.8 Å². The molecule has 4 nitrogen and oxygen atoms in total. The Morgan fingerprint density at radius 1 is 1.35 bits per heavy atom. The van der Waals surface area contributed by atoms with Crippen molar-refractivity contribution in [2.24, 2.45) is 16.5 Å². The minimum atomic E-state index is 0.144. The topological polar surface area (TPSA) is 73.6 Å². The van der Waals surface area contributed by atoms with Crippen molar-refractivity contribution in [1.82, 2.24) is 0 Å². The fourth-order valence-corrected chi connectivity index (χ4v) is 1.94. The van der Waals surface area contributed by atoms with E-state index in [1.165, 1.54) is 11.1 Å². The molecule has 1 aromatic carbocycles. The molecule has 0 aliphatic carbocycles. The molecular formula is C13H21N3O. The molecule has 1 rings (SSSR count). The van der Waals surface area contributed by atoms with Gasteiger partial charge in [0.2, 0.25) is 0 Å². The second kappa shape index (κ2) is 6.13. The van der Waals surface area contributed by atoms with Gasteiger partial charge in [-0.1, -0.05) is 19.1 Å². The predicted molar refractivity (Wildman–Crippen MR) is 71.5 cm³/mol. The van der Waals surface area contributed by atoms with Crippen LogP contribution in [0.5, 0.6) is 5.75 Å². The zero-order chi connectivity index (χ0) is 12.8. The molecule has 0 heterocycles. The number of nitrogens with zero attached hydrogens (tertiary/aromatic N) is 1. The summed E-state index contributed by atoms with van der Waals surface area (Å²) in [5.41, 5.74) is 14.2. The Morgan fingerprint density at radius 3 is 2.59 bits per heavy atom. The highest BCUT2D eigenvalue weighted by Gasteiger charge is 2.07. The van der Waals surface area contributed by atoms with Gasteiger partial charge in [0.05, 0.1) is 7.11 Å². The van der Waals surface area contributed by atoms with Crippen molar-refractivity contribution in [2.45, 2.75) is 26.7 Å². The number of aliphatic imine (C=N–C) groups is 1. The maximum Gasteiger partial charge on any atom is 0.185 e. The van der Waals surface area contributed by atoms with Gasteiger partial charge < -0.3 is 16.2 Å². The van der Waals surface area contributed by atoms with Gasteiger partial charge in [0, 0.05) is 6.54 Å². The third-order valence-corrected chi connectivity index (χ3v) is 2.69. The molecule has 0 saturated heterocycles. The van der Waals surface area contributed by atoms with Crippen LogP contribution in [0.15, 0.2) is 17.1 Å². The Labute approximate surface area is 103 Å². The molecule has 0 aliphatic rings. The Kier molecular flexibility index (Phi) is 4.82. The quantitative estimate of drug-likeness (QED) is 0.598. The summed E-state index contributed by atoms with van der Waals surface area (Å²) in [4.78, 5) is 3.99.